The number of carbonyl (C=O) groups is 1. The lowest BCUT2D eigenvalue weighted by atomic mass is 9.87. The minimum Gasteiger partial charge on any atom is -0.369 e. The first-order chi connectivity index (χ1) is 17.3. The number of dihydropyridines is 1. The van der Waals surface area contributed by atoms with E-state index in [9.17, 15) is 10.1 Å². The Hall–Kier alpha value is -3.98. The zero-order chi connectivity index (χ0) is 25.7. The van der Waals surface area contributed by atoms with Crippen LogP contribution in [0.2, 0.25) is 0 Å². The molecule has 1 aromatic heterocycles. The maximum Gasteiger partial charge on any atom is 0.255 e. The fourth-order valence-corrected chi connectivity index (χ4v) is 4.42. The van der Waals surface area contributed by atoms with Gasteiger partial charge in [-0.2, -0.15) is 5.26 Å². The number of hydrogen-bond acceptors (Lipinski definition) is 5. The molecule has 4 rings (SSSR count). The van der Waals surface area contributed by atoms with Crippen molar-refractivity contribution in [2.45, 2.75) is 40.2 Å². The maximum absolute atomic E-state index is 13.2. The average molecular weight is 480 g/mol. The molecule has 2 heterocycles. The summed E-state index contributed by atoms with van der Waals surface area (Å²) in [7, 11) is 0. The summed E-state index contributed by atoms with van der Waals surface area (Å²) in [6.45, 7) is 9.60. The molecule has 2 unspecified atom stereocenters. The Bertz CT molecular complexity index is 1290. The second-order valence-corrected chi connectivity index (χ2v) is 9.66. The first-order valence-corrected chi connectivity index (χ1v) is 12.4. The number of allylic oxidation sites excluding steroid dienone is 3. The Kier molecular flexibility index (Phi) is 7.80. The molecule has 0 spiro atoms. The van der Waals surface area contributed by atoms with Gasteiger partial charge in [-0.05, 0) is 62.8 Å². The topological polar surface area (TPSA) is 90.2 Å². The third-order valence-corrected chi connectivity index (χ3v) is 6.91. The first kappa shape index (κ1) is 25.1. The fourth-order valence-electron chi connectivity index (χ4n) is 4.42. The van der Waals surface area contributed by atoms with E-state index in [0.29, 0.717) is 29.4 Å². The maximum atomic E-state index is 13.2. The molecule has 2 aliphatic rings. The van der Waals surface area contributed by atoms with Gasteiger partial charge in [0.1, 0.15) is 11.9 Å². The van der Waals surface area contributed by atoms with E-state index in [-0.39, 0.29) is 17.9 Å². The number of aryl methyl sites for hydroxylation is 1. The van der Waals surface area contributed by atoms with Gasteiger partial charge in [0.2, 0.25) is 0 Å². The zero-order valence-corrected chi connectivity index (χ0v) is 21.4. The molecule has 1 aliphatic carbocycles. The molecule has 0 saturated heterocycles. The van der Waals surface area contributed by atoms with Crippen LogP contribution in [0.3, 0.4) is 0 Å². The van der Waals surface area contributed by atoms with Gasteiger partial charge in [0.05, 0.1) is 17.2 Å². The number of anilines is 1. The second-order valence-electron chi connectivity index (χ2n) is 9.66. The van der Waals surface area contributed by atoms with E-state index in [1.54, 1.807) is 6.07 Å². The SMILES string of the molecule is CC1=CC(C2=CCC(CNc3ncc(C#N)cc3C(=O)N[C@@H](C)c3ccc(C)cc3)C=C2)CN=C1C. The fraction of sp³-hybridized carbons (Fsp3) is 0.333. The van der Waals surface area contributed by atoms with Crippen molar-refractivity contribution in [3.8, 4) is 6.07 Å². The number of rotatable bonds is 7. The molecule has 1 aliphatic heterocycles. The van der Waals surface area contributed by atoms with E-state index >= 15 is 0 Å². The van der Waals surface area contributed by atoms with Crippen molar-refractivity contribution in [2.75, 3.05) is 18.4 Å². The molecule has 2 aromatic rings. The van der Waals surface area contributed by atoms with Gasteiger partial charge < -0.3 is 10.6 Å². The monoisotopic (exact) mass is 479 g/mol. The highest BCUT2D eigenvalue weighted by atomic mass is 16.1. The molecule has 1 amide bonds. The van der Waals surface area contributed by atoms with Crippen LogP contribution >= 0.6 is 0 Å². The molecule has 36 heavy (non-hydrogen) atoms. The van der Waals surface area contributed by atoms with E-state index in [0.717, 1.165) is 24.2 Å². The summed E-state index contributed by atoms with van der Waals surface area (Å²) in [6.07, 6.45) is 11.4. The van der Waals surface area contributed by atoms with Crippen LogP contribution in [0.4, 0.5) is 5.82 Å². The molecule has 6 heteroatoms. The van der Waals surface area contributed by atoms with Gasteiger partial charge in [0, 0.05) is 30.9 Å². The van der Waals surface area contributed by atoms with Crippen LogP contribution in [0, 0.1) is 30.1 Å². The molecule has 0 saturated carbocycles. The van der Waals surface area contributed by atoms with Crippen molar-refractivity contribution in [1.29, 1.82) is 5.26 Å². The Morgan fingerprint density at radius 3 is 2.67 bits per heavy atom. The largest absolute Gasteiger partial charge is 0.369 e. The molecule has 184 valence electrons. The van der Waals surface area contributed by atoms with E-state index in [1.807, 2.05) is 38.1 Å². The highest BCUT2D eigenvalue weighted by molar-refractivity contribution is 5.99. The third-order valence-electron chi connectivity index (χ3n) is 6.91. The van der Waals surface area contributed by atoms with Crippen molar-refractivity contribution < 1.29 is 4.79 Å². The smallest absolute Gasteiger partial charge is 0.255 e. The summed E-state index contributed by atoms with van der Waals surface area (Å²) < 4.78 is 0. The summed E-state index contributed by atoms with van der Waals surface area (Å²) in [5.74, 6) is 0.852. The predicted molar refractivity (Wildman–Crippen MR) is 145 cm³/mol. The Balaban J connectivity index is 1.40. The van der Waals surface area contributed by atoms with Crippen LogP contribution in [0.5, 0.6) is 0 Å². The lowest BCUT2D eigenvalue weighted by Gasteiger charge is -2.23. The van der Waals surface area contributed by atoms with Crippen molar-refractivity contribution in [3.63, 3.8) is 0 Å². The highest BCUT2D eigenvalue weighted by Crippen LogP contribution is 2.27. The van der Waals surface area contributed by atoms with Gasteiger partial charge in [-0.15, -0.1) is 0 Å². The van der Waals surface area contributed by atoms with Gasteiger partial charge in [-0.25, -0.2) is 4.98 Å². The van der Waals surface area contributed by atoms with Gasteiger partial charge in [0.25, 0.3) is 5.91 Å². The third kappa shape index (κ3) is 5.98. The number of pyridine rings is 1. The lowest BCUT2D eigenvalue weighted by molar-refractivity contribution is 0.0940. The predicted octanol–water partition coefficient (Wildman–Crippen LogP) is 5.70. The molecular formula is C30H33N5O. The molecule has 6 nitrogen and oxygen atoms in total. The van der Waals surface area contributed by atoms with E-state index in [1.165, 1.54) is 22.9 Å². The lowest BCUT2D eigenvalue weighted by Crippen LogP contribution is -2.28. The minimum atomic E-state index is -0.258. The normalized spacial score (nSPS) is 19.9. The van der Waals surface area contributed by atoms with Crippen molar-refractivity contribution >= 4 is 17.4 Å². The van der Waals surface area contributed by atoms with Crippen molar-refractivity contribution in [2.24, 2.45) is 16.8 Å². The van der Waals surface area contributed by atoms with E-state index in [4.69, 9.17) is 0 Å². The number of benzene rings is 1. The second kappa shape index (κ2) is 11.2. The minimum absolute atomic E-state index is 0.174. The molecular weight excluding hydrogens is 446 g/mol. The number of nitrogens with one attached hydrogen (secondary N) is 2. The average Bonchev–Trinajstić information content (AvgIpc) is 2.89. The molecule has 2 N–H and O–H groups in total. The number of amides is 1. The Morgan fingerprint density at radius 2 is 2.00 bits per heavy atom. The zero-order valence-electron chi connectivity index (χ0n) is 21.4. The Morgan fingerprint density at radius 1 is 1.22 bits per heavy atom. The van der Waals surface area contributed by atoms with Crippen molar-refractivity contribution in [3.05, 3.63) is 94.2 Å². The summed E-state index contributed by atoms with van der Waals surface area (Å²) in [5, 5.41) is 15.7. The molecule has 0 bridgehead atoms. The number of nitriles is 1. The molecule has 0 radical (unpaired) electrons. The van der Waals surface area contributed by atoms with E-state index in [2.05, 4.69) is 64.8 Å². The van der Waals surface area contributed by atoms with Crippen LogP contribution in [-0.2, 0) is 0 Å². The van der Waals surface area contributed by atoms with Gasteiger partial charge >= 0.3 is 0 Å². The summed E-state index contributed by atoms with van der Waals surface area (Å²) >= 11 is 0. The molecule has 1 aromatic carbocycles. The number of nitrogens with zero attached hydrogens (tertiary/aromatic N) is 3. The van der Waals surface area contributed by atoms with Crippen LogP contribution < -0.4 is 10.6 Å². The highest BCUT2D eigenvalue weighted by Gasteiger charge is 2.20. The summed E-state index contributed by atoms with van der Waals surface area (Å²) in [4.78, 5) is 22.2. The number of carbonyl (C=O) groups excluding carboxylic acids is 1. The van der Waals surface area contributed by atoms with Crippen LogP contribution in [0.15, 0.2) is 77.0 Å². The quantitative estimate of drug-likeness (QED) is 0.533. The number of aliphatic imine (C=N–C) groups is 1. The number of hydrogen-bond donors (Lipinski definition) is 2. The van der Waals surface area contributed by atoms with Crippen molar-refractivity contribution in [1.82, 2.24) is 10.3 Å². The standard InChI is InChI=1S/C30H33N5O/c1-19-5-9-25(10-6-19)22(4)35-30(36)28-14-24(15-31)17-34-29(28)33-16-23-7-11-26(12-8-23)27-13-20(2)21(3)32-18-27/h5-7,9-14,17,22-23,27H,8,16,18H2,1-4H3,(H,33,34)(H,35,36)/t22-,23?,27?/m0/s1. The summed E-state index contributed by atoms with van der Waals surface area (Å²) in [5.41, 5.74) is 6.60. The van der Waals surface area contributed by atoms with Crippen LogP contribution in [-0.4, -0.2) is 29.7 Å². The van der Waals surface area contributed by atoms with Crippen LogP contribution in [0.25, 0.3) is 0 Å². The van der Waals surface area contributed by atoms with Gasteiger partial charge in [-0.3, -0.25) is 9.79 Å². The van der Waals surface area contributed by atoms with Gasteiger partial charge in [0.15, 0.2) is 0 Å². The van der Waals surface area contributed by atoms with Crippen LogP contribution in [0.1, 0.15) is 60.3 Å². The number of aromatic nitrogens is 1. The first-order valence-electron chi connectivity index (χ1n) is 12.4. The molecule has 0 fully saturated rings. The Labute approximate surface area is 213 Å². The van der Waals surface area contributed by atoms with Gasteiger partial charge in [-0.1, -0.05) is 54.1 Å². The molecule has 3 atom stereocenters. The summed E-state index contributed by atoms with van der Waals surface area (Å²) in [6, 6.07) is 11.6. The van der Waals surface area contributed by atoms with E-state index < -0.39 is 0 Å².